The molecule has 0 fully saturated rings. The van der Waals surface area contributed by atoms with Gasteiger partial charge in [0.05, 0.1) is 17.9 Å². The third-order valence-electron chi connectivity index (χ3n) is 3.96. The fourth-order valence-corrected chi connectivity index (χ4v) is 3.35. The lowest BCUT2D eigenvalue weighted by atomic mass is 10.0. The van der Waals surface area contributed by atoms with Crippen molar-refractivity contribution in [3.63, 3.8) is 0 Å². The van der Waals surface area contributed by atoms with Crippen molar-refractivity contribution in [3.8, 4) is 16.9 Å². The molecule has 0 radical (unpaired) electrons. The number of hydrogen-bond donors (Lipinski definition) is 2. The van der Waals surface area contributed by atoms with E-state index in [9.17, 15) is 9.59 Å². The van der Waals surface area contributed by atoms with Crippen molar-refractivity contribution in [2.75, 3.05) is 11.9 Å². The molecule has 138 valence electrons. The van der Waals surface area contributed by atoms with Gasteiger partial charge in [-0.15, -0.1) is 11.3 Å². The largest absolute Gasteiger partial charge is 0.493 e. The first kappa shape index (κ1) is 18.7. The highest BCUT2D eigenvalue weighted by atomic mass is 32.1. The Hall–Kier alpha value is -3.12. The van der Waals surface area contributed by atoms with Crippen LogP contribution < -0.4 is 15.8 Å². The maximum atomic E-state index is 12.7. The van der Waals surface area contributed by atoms with E-state index in [0.717, 1.165) is 11.1 Å². The number of amides is 2. The summed E-state index contributed by atoms with van der Waals surface area (Å²) in [6.45, 7) is 2.27. The number of benzene rings is 2. The van der Waals surface area contributed by atoms with E-state index in [1.807, 2.05) is 42.6 Å². The van der Waals surface area contributed by atoms with Gasteiger partial charge < -0.3 is 15.8 Å². The van der Waals surface area contributed by atoms with E-state index in [1.165, 1.54) is 16.9 Å². The van der Waals surface area contributed by atoms with Crippen LogP contribution in [0.4, 0.5) is 5.69 Å². The molecule has 27 heavy (non-hydrogen) atoms. The summed E-state index contributed by atoms with van der Waals surface area (Å²) in [6, 6.07) is 17.1. The normalized spacial score (nSPS) is 10.4. The van der Waals surface area contributed by atoms with Crippen molar-refractivity contribution in [1.29, 1.82) is 0 Å². The van der Waals surface area contributed by atoms with Gasteiger partial charge in [-0.05, 0) is 48.2 Å². The van der Waals surface area contributed by atoms with Gasteiger partial charge in [-0.1, -0.05) is 29.8 Å². The molecule has 0 spiro atoms. The van der Waals surface area contributed by atoms with Gasteiger partial charge in [-0.25, -0.2) is 0 Å². The lowest BCUT2D eigenvalue weighted by Gasteiger charge is -2.09. The number of nitrogens with two attached hydrogens (primary N) is 1. The van der Waals surface area contributed by atoms with Crippen LogP contribution in [0.1, 0.15) is 21.7 Å². The minimum atomic E-state index is -0.404. The molecule has 2 amide bonds. The maximum Gasteiger partial charge on any atom is 0.266 e. The summed E-state index contributed by atoms with van der Waals surface area (Å²) in [5.41, 5.74) is 8.87. The summed E-state index contributed by atoms with van der Waals surface area (Å²) >= 11 is 1.41. The Balaban J connectivity index is 1.67. The monoisotopic (exact) mass is 380 g/mol. The molecule has 5 nitrogen and oxygen atoms in total. The lowest BCUT2D eigenvalue weighted by Crippen LogP contribution is -2.14. The molecule has 1 aromatic heterocycles. The standard InChI is InChI=1S/C21H20N2O3S/c1-14-2-4-15(5-3-14)18-11-13-27-20(18)21(25)23-16-6-8-17(9-7-16)26-12-10-19(22)24/h2-9,11,13H,10,12H2,1H3,(H2,22,24)(H,23,25). The molecule has 1 heterocycles. The zero-order chi connectivity index (χ0) is 19.2. The second kappa shape index (κ2) is 8.51. The summed E-state index contributed by atoms with van der Waals surface area (Å²) in [6.07, 6.45) is 0.165. The number of carbonyl (C=O) groups excluding carboxylic acids is 2. The Kier molecular flexibility index (Phi) is 5.88. The average Bonchev–Trinajstić information content (AvgIpc) is 3.13. The van der Waals surface area contributed by atoms with Gasteiger partial charge in [0.25, 0.3) is 5.91 Å². The minimum Gasteiger partial charge on any atom is -0.493 e. The Morgan fingerprint density at radius 2 is 1.74 bits per heavy atom. The van der Waals surface area contributed by atoms with Crippen molar-refractivity contribution in [2.24, 2.45) is 5.73 Å². The van der Waals surface area contributed by atoms with Crippen LogP contribution in [0.15, 0.2) is 60.0 Å². The quantitative estimate of drug-likeness (QED) is 0.643. The predicted molar refractivity (Wildman–Crippen MR) is 108 cm³/mol. The number of aryl methyl sites for hydroxylation is 1. The second-order valence-corrected chi connectivity index (χ2v) is 6.99. The molecule has 0 atom stereocenters. The van der Waals surface area contributed by atoms with Crippen LogP contribution in [0.25, 0.3) is 11.1 Å². The second-order valence-electron chi connectivity index (χ2n) is 6.07. The van der Waals surface area contributed by atoms with E-state index in [0.29, 0.717) is 16.3 Å². The highest BCUT2D eigenvalue weighted by molar-refractivity contribution is 7.12. The fraction of sp³-hybridized carbons (Fsp3) is 0.143. The highest BCUT2D eigenvalue weighted by Gasteiger charge is 2.15. The van der Waals surface area contributed by atoms with E-state index in [-0.39, 0.29) is 18.9 Å². The van der Waals surface area contributed by atoms with E-state index >= 15 is 0 Å². The number of thiophene rings is 1. The third-order valence-corrected chi connectivity index (χ3v) is 4.88. The van der Waals surface area contributed by atoms with Gasteiger partial charge in [-0.3, -0.25) is 9.59 Å². The number of rotatable bonds is 7. The number of hydrogen-bond acceptors (Lipinski definition) is 4. The van der Waals surface area contributed by atoms with E-state index in [2.05, 4.69) is 5.32 Å². The van der Waals surface area contributed by atoms with E-state index < -0.39 is 5.91 Å². The molecule has 0 aliphatic rings. The molecule has 3 rings (SSSR count). The molecule has 6 heteroatoms. The highest BCUT2D eigenvalue weighted by Crippen LogP contribution is 2.29. The average molecular weight is 380 g/mol. The zero-order valence-electron chi connectivity index (χ0n) is 14.9. The number of anilines is 1. The summed E-state index contributed by atoms with van der Waals surface area (Å²) in [5, 5.41) is 4.83. The molecule has 0 saturated heterocycles. The van der Waals surface area contributed by atoms with Crippen molar-refractivity contribution in [1.82, 2.24) is 0 Å². The summed E-state index contributed by atoms with van der Waals surface area (Å²) < 4.78 is 5.42. The SMILES string of the molecule is Cc1ccc(-c2ccsc2C(=O)Nc2ccc(OCCC(N)=O)cc2)cc1. The molecule has 0 aliphatic heterocycles. The first-order chi connectivity index (χ1) is 13.0. The smallest absolute Gasteiger partial charge is 0.266 e. The number of primary amides is 1. The third kappa shape index (κ3) is 4.95. The summed E-state index contributed by atoms with van der Waals surface area (Å²) in [7, 11) is 0. The van der Waals surface area contributed by atoms with Crippen molar-refractivity contribution < 1.29 is 14.3 Å². The van der Waals surface area contributed by atoms with Gasteiger partial charge in [0.1, 0.15) is 5.75 Å². The number of carbonyl (C=O) groups is 2. The van der Waals surface area contributed by atoms with Crippen LogP contribution in [0.3, 0.4) is 0 Å². The summed E-state index contributed by atoms with van der Waals surface area (Å²) in [5.74, 6) is 0.0629. The van der Waals surface area contributed by atoms with Gasteiger partial charge in [-0.2, -0.15) is 0 Å². The molecule has 2 aromatic carbocycles. The Labute approximate surface area is 161 Å². The van der Waals surface area contributed by atoms with Gasteiger partial charge >= 0.3 is 0 Å². The zero-order valence-corrected chi connectivity index (χ0v) is 15.7. The van der Waals surface area contributed by atoms with Crippen molar-refractivity contribution in [3.05, 3.63) is 70.4 Å². The molecule has 0 saturated carbocycles. The number of nitrogens with one attached hydrogen (secondary N) is 1. The Bertz CT molecular complexity index is 931. The van der Waals surface area contributed by atoms with Crippen LogP contribution in [0.2, 0.25) is 0 Å². The van der Waals surface area contributed by atoms with E-state index in [4.69, 9.17) is 10.5 Å². The molecule has 0 aliphatic carbocycles. The number of ether oxygens (including phenoxy) is 1. The Morgan fingerprint density at radius 1 is 1.04 bits per heavy atom. The van der Waals surface area contributed by atoms with Gasteiger partial charge in [0.2, 0.25) is 5.91 Å². The first-order valence-electron chi connectivity index (χ1n) is 8.50. The Morgan fingerprint density at radius 3 is 2.41 bits per heavy atom. The summed E-state index contributed by atoms with van der Waals surface area (Å²) in [4.78, 5) is 24.1. The molecule has 0 unspecified atom stereocenters. The molecular weight excluding hydrogens is 360 g/mol. The van der Waals surface area contributed by atoms with E-state index in [1.54, 1.807) is 24.3 Å². The van der Waals surface area contributed by atoms with Crippen molar-refractivity contribution >= 4 is 28.8 Å². The van der Waals surface area contributed by atoms with Crippen LogP contribution >= 0.6 is 11.3 Å². The predicted octanol–water partition coefficient (Wildman–Crippen LogP) is 4.23. The fourth-order valence-electron chi connectivity index (χ4n) is 2.54. The van der Waals surface area contributed by atoms with Crippen molar-refractivity contribution in [2.45, 2.75) is 13.3 Å². The minimum absolute atomic E-state index is 0.150. The van der Waals surface area contributed by atoms with Crippen LogP contribution in [0, 0.1) is 6.92 Å². The van der Waals surface area contributed by atoms with Gasteiger partial charge in [0.15, 0.2) is 0 Å². The van der Waals surface area contributed by atoms with Crippen LogP contribution in [-0.4, -0.2) is 18.4 Å². The first-order valence-corrected chi connectivity index (χ1v) is 9.38. The molecule has 3 aromatic rings. The van der Waals surface area contributed by atoms with Crippen LogP contribution in [0.5, 0.6) is 5.75 Å². The lowest BCUT2D eigenvalue weighted by molar-refractivity contribution is -0.118. The van der Waals surface area contributed by atoms with Crippen LogP contribution in [-0.2, 0) is 4.79 Å². The molecular formula is C21H20N2O3S. The topological polar surface area (TPSA) is 81.4 Å². The molecule has 0 bridgehead atoms. The van der Waals surface area contributed by atoms with Gasteiger partial charge in [0, 0.05) is 11.3 Å². The maximum absolute atomic E-state index is 12.7. The molecule has 3 N–H and O–H groups in total.